The summed E-state index contributed by atoms with van der Waals surface area (Å²) >= 11 is 0. The quantitative estimate of drug-likeness (QED) is 0.673. The van der Waals surface area contributed by atoms with E-state index in [0.29, 0.717) is 5.56 Å². The van der Waals surface area contributed by atoms with Gasteiger partial charge in [0.15, 0.2) is 11.6 Å². The van der Waals surface area contributed by atoms with Crippen LogP contribution in [0, 0.1) is 11.6 Å². The molecule has 0 aromatic heterocycles. The summed E-state index contributed by atoms with van der Waals surface area (Å²) in [6, 6.07) is 14.1. The summed E-state index contributed by atoms with van der Waals surface area (Å²) in [7, 11) is 0. The zero-order valence-electron chi connectivity index (χ0n) is 13.6. The fourth-order valence-electron chi connectivity index (χ4n) is 2.60. The second-order valence-electron chi connectivity index (χ2n) is 5.50. The third-order valence-corrected chi connectivity index (χ3v) is 3.82. The number of aromatic carboxylic acids is 2. The Morgan fingerprint density at radius 3 is 2.15 bits per heavy atom. The van der Waals surface area contributed by atoms with E-state index in [1.807, 2.05) is 0 Å². The third kappa shape index (κ3) is 3.48. The minimum Gasteiger partial charge on any atom is -0.478 e. The van der Waals surface area contributed by atoms with Crippen LogP contribution in [0.25, 0.3) is 11.1 Å². The van der Waals surface area contributed by atoms with E-state index >= 15 is 0 Å². The van der Waals surface area contributed by atoms with Gasteiger partial charge in [0.25, 0.3) is 0 Å². The van der Waals surface area contributed by atoms with Gasteiger partial charge in [-0.05, 0) is 29.8 Å². The van der Waals surface area contributed by atoms with Gasteiger partial charge in [-0.1, -0.05) is 36.4 Å². The van der Waals surface area contributed by atoms with Crippen LogP contribution < -0.4 is 4.74 Å². The summed E-state index contributed by atoms with van der Waals surface area (Å²) in [6.45, 7) is 0. The molecule has 0 bridgehead atoms. The van der Waals surface area contributed by atoms with E-state index in [2.05, 4.69) is 0 Å². The number of hydrogen-bond acceptors (Lipinski definition) is 3. The van der Waals surface area contributed by atoms with E-state index in [-0.39, 0.29) is 5.56 Å². The molecule has 7 heteroatoms. The van der Waals surface area contributed by atoms with Crippen LogP contribution in [0.4, 0.5) is 8.78 Å². The monoisotopic (exact) mass is 370 g/mol. The molecule has 136 valence electrons. The van der Waals surface area contributed by atoms with Crippen LogP contribution >= 0.6 is 0 Å². The highest BCUT2D eigenvalue weighted by Crippen LogP contribution is 2.38. The van der Waals surface area contributed by atoms with Crippen molar-refractivity contribution in [3.63, 3.8) is 0 Å². The summed E-state index contributed by atoms with van der Waals surface area (Å²) in [4.78, 5) is 22.8. The summed E-state index contributed by atoms with van der Waals surface area (Å²) in [5.74, 6) is -6.50. The van der Waals surface area contributed by atoms with Crippen LogP contribution in [0.2, 0.25) is 0 Å². The van der Waals surface area contributed by atoms with Gasteiger partial charge >= 0.3 is 11.9 Å². The molecule has 0 amide bonds. The molecule has 3 aromatic rings. The highest BCUT2D eigenvalue weighted by atomic mass is 19.2. The maximum atomic E-state index is 14.5. The van der Waals surface area contributed by atoms with Crippen molar-refractivity contribution in [2.75, 3.05) is 0 Å². The molecule has 0 aliphatic rings. The van der Waals surface area contributed by atoms with Gasteiger partial charge in [0, 0.05) is 5.56 Å². The molecule has 0 atom stereocenters. The van der Waals surface area contributed by atoms with Gasteiger partial charge in [-0.15, -0.1) is 0 Å². The van der Waals surface area contributed by atoms with Crippen LogP contribution in [-0.2, 0) is 0 Å². The lowest BCUT2D eigenvalue weighted by Crippen LogP contribution is -2.10. The molecule has 3 aromatic carbocycles. The Hall–Kier alpha value is -3.74. The number of rotatable bonds is 5. The first-order valence-corrected chi connectivity index (χ1v) is 7.71. The van der Waals surface area contributed by atoms with Gasteiger partial charge in [-0.2, -0.15) is 4.39 Å². The Bertz CT molecular complexity index is 1030. The highest BCUT2D eigenvalue weighted by Gasteiger charge is 2.24. The van der Waals surface area contributed by atoms with Crippen molar-refractivity contribution in [1.29, 1.82) is 0 Å². The molecule has 0 radical (unpaired) electrons. The Balaban J connectivity index is 2.20. The fraction of sp³-hybridized carbons (Fsp3) is 0. The molecular formula is C20H12F2O5. The van der Waals surface area contributed by atoms with Crippen LogP contribution in [0.1, 0.15) is 20.7 Å². The number of benzene rings is 3. The van der Waals surface area contributed by atoms with E-state index in [4.69, 9.17) is 4.74 Å². The molecular weight excluding hydrogens is 358 g/mol. The lowest BCUT2D eigenvalue weighted by Gasteiger charge is -2.15. The van der Waals surface area contributed by atoms with E-state index in [1.165, 1.54) is 18.2 Å². The van der Waals surface area contributed by atoms with Crippen molar-refractivity contribution < 1.29 is 33.3 Å². The van der Waals surface area contributed by atoms with Crippen LogP contribution in [0.3, 0.4) is 0 Å². The molecule has 5 nitrogen and oxygen atoms in total. The molecule has 3 rings (SSSR count). The predicted molar refractivity (Wildman–Crippen MR) is 92.2 cm³/mol. The maximum Gasteiger partial charge on any atom is 0.340 e. The SMILES string of the molecule is O=C(O)c1cccc(Oc2c(-c3ccccc3)ccc(F)c2F)c1C(=O)O. The van der Waals surface area contributed by atoms with Crippen molar-refractivity contribution >= 4 is 11.9 Å². The van der Waals surface area contributed by atoms with Crippen LogP contribution in [-0.4, -0.2) is 22.2 Å². The van der Waals surface area contributed by atoms with E-state index < -0.39 is 46.2 Å². The molecule has 0 aliphatic heterocycles. The average Bonchev–Trinajstić information content (AvgIpc) is 2.66. The number of carboxylic acid groups (broad SMARTS) is 2. The highest BCUT2D eigenvalue weighted by molar-refractivity contribution is 6.03. The van der Waals surface area contributed by atoms with Crippen LogP contribution in [0.5, 0.6) is 11.5 Å². The average molecular weight is 370 g/mol. The summed E-state index contributed by atoms with van der Waals surface area (Å²) in [6.07, 6.45) is 0. The first-order chi connectivity index (χ1) is 12.9. The summed E-state index contributed by atoms with van der Waals surface area (Å²) < 4.78 is 33.6. The van der Waals surface area contributed by atoms with Crippen molar-refractivity contribution in [2.45, 2.75) is 0 Å². The first-order valence-electron chi connectivity index (χ1n) is 7.71. The fourth-order valence-corrected chi connectivity index (χ4v) is 2.60. The minimum atomic E-state index is -1.57. The molecule has 0 aliphatic carbocycles. The Morgan fingerprint density at radius 1 is 0.815 bits per heavy atom. The van der Waals surface area contributed by atoms with Crippen LogP contribution in [0.15, 0.2) is 60.7 Å². The number of hydrogen-bond donors (Lipinski definition) is 2. The predicted octanol–water partition coefficient (Wildman–Crippen LogP) is 4.82. The zero-order valence-corrected chi connectivity index (χ0v) is 13.6. The second kappa shape index (κ2) is 7.25. The van der Waals surface area contributed by atoms with E-state index in [9.17, 15) is 28.6 Å². The summed E-state index contributed by atoms with van der Waals surface area (Å²) in [5.41, 5.74) is -0.491. The molecule has 2 N–H and O–H groups in total. The van der Waals surface area contributed by atoms with Crippen molar-refractivity contribution in [3.8, 4) is 22.6 Å². The number of ether oxygens (including phenoxy) is 1. The topological polar surface area (TPSA) is 83.8 Å². The molecule has 0 fully saturated rings. The van der Waals surface area contributed by atoms with Gasteiger partial charge in [0.2, 0.25) is 5.82 Å². The largest absolute Gasteiger partial charge is 0.478 e. The standard InChI is InChI=1S/C20H12F2O5/c21-14-10-9-12(11-5-2-1-3-6-11)18(17(14)22)27-15-8-4-7-13(19(23)24)16(15)20(25)26/h1-10H,(H,23,24)(H,25,26). The molecule has 0 unspecified atom stereocenters. The van der Waals surface area contributed by atoms with Gasteiger partial charge in [-0.25, -0.2) is 14.0 Å². The number of carboxylic acids is 2. The van der Waals surface area contributed by atoms with Gasteiger partial charge in [0.1, 0.15) is 11.3 Å². The zero-order chi connectivity index (χ0) is 19.6. The molecule has 0 spiro atoms. The van der Waals surface area contributed by atoms with Crippen molar-refractivity contribution in [1.82, 2.24) is 0 Å². The number of halogens is 2. The summed E-state index contributed by atoms with van der Waals surface area (Å²) in [5, 5.41) is 18.6. The molecule has 0 saturated carbocycles. The molecule has 0 heterocycles. The Kier molecular flexibility index (Phi) is 4.85. The van der Waals surface area contributed by atoms with Gasteiger partial charge in [0.05, 0.1) is 5.56 Å². The normalized spacial score (nSPS) is 10.4. The first kappa shape index (κ1) is 18.1. The maximum absolute atomic E-state index is 14.5. The smallest absolute Gasteiger partial charge is 0.340 e. The Labute approximate surface area is 152 Å². The lowest BCUT2D eigenvalue weighted by atomic mass is 10.0. The third-order valence-electron chi connectivity index (χ3n) is 3.82. The number of carbonyl (C=O) groups is 2. The molecule has 27 heavy (non-hydrogen) atoms. The minimum absolute atomic E-state index is 0.187. The second-order valence-corrected chi connectivity index (χ2v) is 5.50. The van der Waals surface area contributed by atoms with E-state index in [0.717, 1.165) is 12.1 Å². The van der Waals surface area contributed by atoms with Gasteiger partial charge < -0.3 is 14.9 Å². The lowest BCUT2D eigenvalue weighted by molar-refractivity contribution is 0.0649. The molecule has 0 saturated heterocycles. The van der Waals surface area contributed by atoms with E-state index in [1.54, 1.807) is 30.3 Å². The van der Waals surface area contributed by atoms with Crippen molar-refractivity contribution in [2.24, 2.45) is 0 Å². The Morgan fingerprint density at radius 2 is 1.52 bits per heavy atom. The van der Waals surface area contributed by atoms with Gasteiger partial charge in [-0.3, -0.25) is 0 Å². The van der Waals surface area contributed by atoms with Crippen molar-refractivity contribution in [3.05, 3.63) is 83.4 Å².